The summed E-state index contributed by atoms with van der Waals surface area (Å²) in [6.45, 7) is 3.05. The van der Waals surface area contributed by atoms with Gasteiger partial charge in [-0.25, -0.2) is 14.8 Å². The Kier molecular flexibility index (Phi) is 9.80. The van der Waals surface area contributed by atoms with Crippen molar-refractivity contribution in [1.82, 2.24) is 25.2 Å². The van der Waals surface area contributed by atoms with Crippen LogP contribution in [0.3, 0.4) is 0 Å². The second kappa shape index (κ2) is 14.9. The minimum atomic E-state index is -0.475. The summed E-state index contributed by atoms with van der Waals surface area (Å²) in [5.41, 5.74) is 9.68. The Labute approximate surface area is 293 Å². The Morgan fingerprint density at radius 3 is 2.20 bits per heavy atom. The molecule has 1 unspecified atom stereocenters. The maximum absolute atomic E-state index is 13.2. The van der Waals surface area contributed by atoms with Crippen LogP contribution in [0.1, 0.15) is 59.1 Å². The van der Waals surface area contributed by atoms with Crippen LogP contribution in [0.25, 0.3) is 34.1 Å². The van der Waals surface area contributed by atoms with Crippen molar-refractivity contribution in [2.45, 2.75) is 38.1 Å². The predicted octanol–water partition coefficient (Wildman–Crippen LogP) is 8.48. The van der Waals surface area contributed by atoms with Crippen LogP contribution in [0.4, 0.5) is 4.79 Å². The smallest absolute Gasteiger partial charge is 0.407 e. The molecule has 0 spiro atoms. The van der Waals surface area contributed by atoms with Gasteiger partial charge in [-0.3, -0.25) is 4.98 Å². The zero-order valence-electron chi connectivity index (χ0n) is 28.7. The first-order chi connectivity index (χ1) is 24.5. The van der Waals surface area contributed by atoms with Crippen LogP contribution in [-0.2, 0) is 17.6 Å². The number of carbonyl (C=O) groups excluding carboxylic acids is 1. The van der Waals surface area contributed by atoms with E-state index >= 15 is 0 Å². The Balaban J connectivity index is 1.09. The molecule has 0 saturated heterocycles. The standard InChI is InChI=1S/C42H41N5O3/c1-4-35(45-42(48)49-27-34-32-19-10-8-17-30(32)31-18-9-11-20-33(31)34)36-21-13-23-38(44-36)41-46-40(39(50-41)24-25-47(2)3)37-22-12-16-29(43-37)26-28-14-6-5-7-15-28/h5-23,34-35H,4,24-27H2,1-3H3,(H,45,48). The largest absolute Gasteiger partial charge is 0.449 e. The van der Waals surface area contributed by atoms with E-state index < -0.39 is 6.09 Å². The number of nitrogens with zero attached hydrogens (tertiary/aromatic N) is 4. The Morgan fingerprint density at radius 2 is 1.48 bits per heavy atom. The average Bonchev–Trinajstić information content (AvgIpc) is 3.72. The number of aromatic nitrogens is 3. The summed E-state index contributed by atoms with van der Waals surface area (Å²) in [7, 11) is 4.07. The summed E-state index contributed by atoms with van der Waals surface area (Å²) in [4.78, 5) is 30.2. The van der Waals surface area contributed by atoms with Crippen LogP contribution in [0.2, 0.25) is 0 Å². The van der Waals surface area contributed by atoms with Crippen LogP contribution in [0.15, 0.2) is 120 Å². The molecule has 6 aromatic rings. The fraction of sp³-hybridized carbons (Fsp3) is 0.238. The molecule has 1 aliphatic rings. The van der Waals surface area contributed by atoms with E-state index in [1.54, 1.807) is 0 Å². The number of nitrogens with one attached hydrogen (secondary N) is 1. The van der Waals surface area contributed by atoms with Crippen molar-refractivity contribution in [3.05, 3.63) is 149 Å². The van der Waals surface area contributed by atoms with Crippen LogP contribution in [0, 0.1) is 0 Å². The van der Waals surface area contributed by atoms with Crippen LogP contribution >= 0.6 is 0 Å². The van der Waals surface area contributed by atoms with Gasteiger partial charge in [-0.2, -0.15) is 0 Å². The Bertz CT molecular complexity index is 2050. The van der Waals surface area contributed by atoms with Gasteiger partial charge in [0.25, 0.3) is 0 Å². The summed E-state index contributed by atoms with van der Waals surface area (Å²) in [5.74, 6) is 1.17. The van der Waals surface area contributed by atoms with Gasteiger partial charge in [0, 0.05) is 31.0 Å². The minimum Gasteiger partial charge on any atom is -0.449 e. The van der Waals surface area contributed by atoms with Gasteiger partial charge in [-0.1, -0.05) is 97.9 Å². The molecule has 8 nitrogen and oxygen atoms in total. The van der Waals surface area contributed by atoms with Gasteiger partial charge in [0.2, 0.25) is 5.89 Å². The molecule has 7 rings (SSSR count). The second-order valence-electron chi connectivity index (χ2n) is 12.9. The number of alkyl carbamates (subject to hydrolysis) is 1. The molecular weight excluding hydrogens is 622 g/mol. The van der Waals surface area contributed by atoms with E-state index in [9.17, 15) is 4.79 Å². The maximum Gasteiger partial charge on any atom is 0.407 e. The second-order valence-corrected chi connectivity index (χ2v) is 12.9. The Hall–Kier alpha value is -5.60. The summed E-state index contributed by atoms with van der Waals surface area (Å²) in [5, 5.41) is 3.04. The normalized spacial score (nSPS) is 12.8. The van der Waals surface area contributed by atoms with Crippen molar-refractivity contribution in [3.63, 3.8) is 0 Å². The first-order valence-corrected chi connectivity index (χ1v) is 17.2. The van der Waals surface area contributed by atoms with E-state index in [1.165, 1.54) is 27.8 Å². The summed E-state index contributed by atoms with van der Waals surface area (Å²) in [6.07, 6.45) is 1.55. The number of benzene rings is 3. The molecule has 3 heterocycles. The monoisotopic (exact) mass is 663 g/mol. The zero-order valence-corrected chi connectivity index (χ0v) is 28.7. The molecular formula is C42H41N5O3. The third kappa shape index (κ3) is 7.21. The van der Waals surface area contributed by atoms with E-state index in [-0.39, 0.29) is 18.6 Å². The van der Waals surface area contributed by atoms with Crippen LogP contribution < -0.4 is 5.32 Å². The molecule has 1 N–H and O–H groups in total. The number of hydrogen-bond donors (Lipinski definition) is 1. The van der Waals surface area contributed by atoms with Gasteiger partial charge < -0.3 is 19.4 Å². The molecule has 1 amide bonds. The van der Waals surface area contributed by atoms with Crippen molar-refractivity contribution in [2.75, 3.05) is 27.2 Å². The molecule has 0 bridgehead atoms. The highest BCUT2D eigenvalue weighted by Gasteiger charge is 2.29. The maximum atomic E-state index is 13.2. The van der Waals surface area contributed by atoms with E-state index in [0.29, 0.717) is 35.8 Å². The van der Waals surface area contributed by atoms with Crippen molar-refractivity contribution < 1.29 is 13.9 Å². The summed E-state index contributed by atoms with van der Waals surface area (Å²) >= 11 is 0. The number of hydrogen-bond acceptors (Lipinski definition) is 7. The molecule has 0 saturated carbocycles. The minimum absolute atomic E-state index is 0.0101. The number of rotatable bonds is 12. The number of likely N-dealkylation sites (N-methyl/N-ethyl adjacent to an activating group) is 1. The number of amides is 1. The fourth-order valence-electron chi connectivity index (χ4n) is 6.60. The predicted molar refractivity (Wildman–Crippen MR) is 196 cm³/mol. The van der Waals surface area contributed by atoms with E-state index in [2.05, 4.69) is 46.6 Å². The molecule has 1 aliphatic carbocycles. The number of fused-ring (bicyclic) bond motifs is 3. The molecule has 0 aliphatic heterocycles. The van der Waals surface area contributed by atoms with Crippen molar-refractivity contribution in [2.24, 2.45) is 0 Å². The molecule has 3 aromatic heterocycles. The lowest BCUT2D eigenvalue weighted by molar-refractivity contribution is 0.138. The molecule has 8 heteroatoms. The van der Waals surface area contributed by atoms with E-state index in [1.807, 2.05) is 99.9 Å². The van der Waals surface area contributed by atoms with E-state index in [0.717, 1.165) is 30.1 Å². The van der Waals surface area contributed by atoms with Crippen LogP contribution in [0.5, 0.6) is 0 Å². The van der Waals surface area contributed by atoms with Gasteiger partial charge >= 0.3 is 6.09 Å². The molecule has 3 aromatic carbocycles. The van der Waals surface area contributed by atoms with Gasteiger partial charge in [0.05, 0.1) is 17.4 Å². The SMILES string of the molecule is CCC(NC(=O)OCC1c2ccccc2-c2ccccc21)c1cccc(-c2nc(-c3cccc(Cc4ccccc4)n3)c(CCN(C)C)o2)n1. The highest BCUT2D eigenvalue weighted by Crippen LogP contribution is 2.44. The average molecular weight is 664 g/mol. The summed E-state index contributed by atoms with van der Waals surface area (Å²) < 4.78 is 12.3. The van der Waals surface area contributed by atoms with Gasteiger partial charge in [-0.05, 0) is 72.6 Å². The zero-order chi connectivity index (χ0) is 34.5. The molecule has 0 fully saturated rings. The Morgan fingerprint density at radius 1 is 0.800 bits per heavy atom. The first kappa shape index (κ1) is 32.9. The third-order valence-electron chi connectivity index (χ3n) is 9.15. The topological polar surface area (TPSA) is 93.4 Å². The van der Waals surface area contributed by atoms with Gasteiger partial charge in [0.15, 0.2) is 0 Å². The quantitative estimate of drug-likeness (QED) is 0.140. The number of carbonyl (C=O) groups is 1. The lowest BCUT2D eigenvalue weighted by Gasteiger charge is -2.19. The van der Waals surface area contributed by atoms with Crippen molar-refractivity contribution in [1.29, 1.82) is 0 Å². The number of ether oxygens (including phenoxy) is 1. The molecule has 1 atom stereocenters. The highest BCUT2D eigenvalue weighted by molar-refractivity contribution is 5.79. The third-order valence-corrected chi connectivity index (χ3v) is 9.15. The fourth-order valence-corrected chi connectivity index (χ4v) is 6.60. The lowest BCUT2D eigenvalue weighted by atomic mass is 9.98. The highest BCUT2D eigenvalue weighted by atomic mass is 16.5. The first-order valence-electron chi connectivity index (χ1n) is 17.2. The molecule has 50 heavy (non-hydrogen) atoms. The number of oxazole rings is 1. The lowest BCUT2D eigenvalue weighted by Crippen LogP contribution is -2.30. The molecule has 252 valence electrons. The summed E-state index contributed by atoms with van der Waals surface area (Å²) in [6, 6.07) is 38.3. The van der Waals surface area contributed by atoms with Crippen molar-refractivity contribution >= 4 is 6.09 Å². The number of pyridine rings is 2. The molecule has 0 radical (unpaired) electrons. The van der Waals surface area contributed by atoms with Gasteiger partial charge in [0.1, 0.15) is 23.8 Å². The van der Waals surface area contributed by atoms with Crippen LogP contribution in [-0.4, -0.2) is 53.2 Å². The van der Waals surface area contributed by atoms with Gasteiger partial charge in [-0.15, -0.1) is 0 Å². The van der Waals surface area contributed by atoms with Crippen molar-refractivity contribution in [3.8, 4) is 34.1 Å². The van der Waals surface area contributed by atoms with E-state index in [4.69, 9.17) is 24.1 Å².